The Hall–Kier alpha value is -4.02. The number of amides is 2. The molecule has 0 radical (unpaired) electrons. The monoisotopic (exact) mass is 666 g/mol. The Morgan fingerprint density at radius 2 is 1.72 bits per heavy atom. The molecular weight excluding hydrogens is 629 g/mol. The number of fused-ring (bicyclic) bond motifs is 1. The number of piperazine rings is 1. The number of methoxy groups -OCH3 is 1. The first-order valence-corrected chi connectivity index (χ1v) is 16.6. The van der Waals surface area contributed by atoms with Crippen molar-refractivity contribution in [3.05, 3.63) is 47.5 Å². The lowest BCUT2D eigenvalue weighted by Gasteiger charge is -2.37. The van der Waals surface area contributed by atoms with Gasteiger partial charge in [-0.1, -0.05) is 18.2 Å². The smallest absolute Gasteiger partial charge is 0.418 e. The van der Waals surface area contributed by atoms with Crippen LogP contribution in [0.1, 0.15) is 24.0 Å². The van der Waals surface area contributed by atoms with E-state index < -0.39 is 39.2 Å². The van der Waals surface area contributed by atoms with Crippen LogP contribution < -0.4 is 19.5 Å². The average Bonchev–Trinajstić information content (AvgIpc) is 3.54. The number of carbonyl (C=O) groups is 2. The normalized spacial score (nSPS) is 18.2. The van der Waals surface area contributed by atoms with Crippen molar-refractivity contribution in [3.8, 4) is 11.6 Å². The minimum atomic E-state index is -4.85. The lowest BCUT2D eigenvalue weighted by Crippen LogP contribution is -2.52. The second-order valence-corrected chi connectivity index (χ2v) is 13.4. The molecule has 250 valence electrons. The molecule has 2 N–H and O–H groups in total. The van der Waals surface area contributed by atoms with Crippen LogP contribution in [-0.2, 0) is 34.6 Å². The first kappa shape index (κ1) is 33.3. The van der Waals surface area contributed by atoms with Crippen LogP contribution in [0.15, 0.2) is 36.4 Å². The first-order chi connectivity index (χ1) is 21.6. The summed E-state index contributed by atoms with van der Waals surface area (Å²) in [6.45, 7) is 4.24. The zero-order valence-corrected chi connectivity index (χ0v) is 26.8. The van der Waals surface area contributed by atoms with Gasteiger partial charge in [0.2, 0.25) is 21.8 Å². The number of likely N-dealkylation sites (tertiary alicyclic amines) is 1. The molecule has 0 spiro atoms. The van der Waals surface area contributed by atoms with Gasteiger partial charge in [-0.2, -0.15) is 13.2 Å². The molecule has 0 saturated carbocycles. The van der Waals surface area contributed by atoms with Gasteiger partial charge in [0.1, 0.15) is 0 Å². The van der Waals surface area contributed by atoms with E-state index in [0.717, 1.165) is 49.2 Å². The highest BCUT2D eigenvalue weighted by Crippen LogP contribution is 2.41. The molecule has 0 bridgehead atoms. The predicted molar refractivity (Wildman–Crippen MR) is 167 cm³/mol. The van der Waals surface area contributed by atoms with Gasteiger partial charge >= 0.3 is 12.3 Å². The number of benzene rings is 2. The summed E-state index contributed by atoms with van der Waals surface area (Å²) < 4.78 is 78.8. The highest BCUT2D eigenvalue weighted by molar-refractivity contribution is 7.92. The minimum absolute atomic E-state index is 0.0415. The van der Waals surface area contributed by atoms with Crippen LogP contribution in [0.5, 0.6) is 11.6 Å². The van der Waals surface area contributed by atoms with E-state index in [1.165, 1.54) is 0 Å². The topological polar surface area (TPSA) is 125 Å². The fourth-order valence-corrected chi connectivity index (χ4v) is 6.66. The Kier molecular flexibility index (Phi) is 9.42. The van der Waals surface area contributed by atoms with Gasteiger partial charge in [0.05, 0.1) is 41.9 Å². The maximum Gasteiger partial charge on any atom is 0.418 e. The van der Waals surface area contributed by atoms with Crippen molar-refractivity contribution in [2.24, 2.45) is 7.05 Å². The highest BCUT2D eigenvalue weighted by atomic mass is 32.2. The van der Waals surface area contributed by atoms with Gasteiger partial charge in [-0.25, -0.2) is 13.2 Å². The van der Waals surface area contributed by atoms with Gasteiger partial charge in [-0.05, 0) is 44.1 Å². The number of ether oxygens (including phenoxy) is 2. The summed E-state index contributed by atoms with van der Waals surface area (Å²) in [6.07, 6.45) is -3.25. The van der Waals surface area contributed by atoms with Gasteiger partial charge in [-0.3, -0.25) is 24.6 Å². The first-order valence-electron chi connectivity index (χ1n) is 14.7. The van der Waals surface area contributed by atoms with Crippen molar-refractivity contribution in [2.75, 3.05) is 63.2 Å². The van der Waals surface area contributed by atoms with Crippen LogP contribution in [0.2, 0.25) is 0 Å². The number of para-hydroxylation sites is 1. The van der Waals surface area contributed by atoms with Crippen molar-refractivity contribution >= 4 is 44.3 Å². The second-order valence-electron chi connectivity index (χ2n) is 11.6. The second kappa shape index (κ2) is 13.0. The van der Waals surface area contributed by atoms with Crippen LogP contribution in [0, 0.1) is 0 Å². The molecule has 12 nitrogen and oxygen atoms in total. The number of anilines is 2. The summed E-state index contributed by atoms with van der Waals surface area (Å²) in [5.41, 5.74) is -0.361. The van der Waals surface area contributed by atoms with Crippen LogP contribution >= 0.6 is 0 Å². The number of likely N-dealkylation sites (N-methyl/N-ethyl adjacent to an activating group) is 1. The molecule has 3 heterocycles. The number of hydrogen-bond acceptors (Lipinski definition) is 8. The number of alkyl halides is 3. The third-order valence-electron chi connectivity index (χ3n) is 8.33. The van der Waals surface area contributed by atoms with E-state index >= 15 is 0 Å². The standard InChI is InChI=1S/C30H37F3N6O6S/c1-36-10-6-9-24(36)28(40)39-13-11-38(12-14-39)18-20-8-5-7-19-15-25(37(2)26(19)20)45-29(41)34-22-16-21(30(31,32)33)17-23(27(22)44-3)35-46(4,42)43/h5,7-8,15-17,24,35H,6,9-14,18H2,1-4H3,(H,34,41)/t24-/m0/s1. The van der Waals surface area contributed by atoms with Gasteiger partial charge in [0.25, 0.3) is 0 Å². The van der Waals surface area contributed by atoms with Crippen molar-refractivity contribution in [1.29, 1.82) is 0 Å². The molecular formula is C30H37F3N6O6S. The zero-order chi connectivity index (χ0) is 33.4. The van der Waals surface area contributed by atoms with Gasteiger partial charge in [-0.15, -0.1) is 0 Å². The number of halogens is 3. The maximum atomic E-state index is 13.6. The summed E-state index contributed by atoms with van der Waals surface area (Å²) in [5.74, 6) is -0.00173. The Labute approximate surface area is 265 Å². The summed E-state index contributed by atoms with van der Waals surface area (Å²) >= 11 is 0. The lowest BCUT2D eigenvalue weighted by molar-refractivity contribution is -0.138. The molecule has 2 aromatic carbocycles. The number of rotatable bonds is 8. The summed E-state index contributed by atoms with van der Waals surface area (Å²) in [4.78, 5) is 32.3. The molecule has 0 aliphatic carbocycles. The molecule has 2 fully saturated rings. The Morgan fingerprint density at radius 1 is 1.02 bits per heavy atom. The maximum absolute atomic E-state index is 13.6. The number of sulfonamides is 1. The van der Waals surface area contributed by atoms with E-state index in [-0.39, 0.29) is 23.6 Å². The van der Waals surface area contributed by atoms with Crippen LogP contribution in [0.25, 0.3) is 10.9 Å². The third-order valence-corrected chi connectivity index (χ3v) is 8.92. The molecule has 46 heavy (non-hydrogen) atoms. The molecule has 2 amide bonds. The summed E-state index contributed by atoms with van der Waals surface area (Å²) in [6, 6.07) is 8.53. The van der Waals surface area contributed by atoms with Crippen molar-refractivity contribution in [2.45, 2.75) is 31.6 Å². The highest BCUT2D eigenvalue weighted by Gasteiger charge is 2.34. The number of nitrogens with one attached hydrogen (secondary N) is 2. The SMILES string of the molecule is COc1c(NC(=O)Oc2cc3cccc(CN4CCN(C(=O)[C@@H]5CCCN5C)CC4)c3n2C)cc(C(F)(F)F)cc1NS(C)(=O)=O. The van der Waals surface area contributed by atoms with E-state index in [2.05, 4.69) is 15.1 Å². The predicted octanol–water partition coefficient (Wildman–Crippen LogP) is 3.93. The van der Waals surface area contributed by atoms with Crippen LogP contribution in [0.4, 0.5) is 29.3 Å². The fraction of sp³-hybridized carbons (Fsp3) is 0.467. The number of hydrogen-bond donors (Lipinski definition) is 2. The number of aryl methyl sites for hydroxylation is 1. The fourth-order valence-electron chi connectivity index (χ4n) is 6.11. The molecule has 1 atom stereocenters. The number of aromatic nitrogens is 1. The molecule has 2 saturated heterocycles. The van der Waals surface area contributed by atoms with Crippen LogP contribution in [0.3, 0.4) is 0 Å². The average molecular weight is 667 g/mol. The summed E-state index contributed by atoms with van der Waals surface area (Å²) in [5, 5.41) is 3.05. The lowest BCUT2D eigenvalue weighted by atomic mass is 10.1. The molecule has 5 rings (SSSR count). The van der Waals surface area contributed by atoms with Gasteiger partial charge in [0.15, 0.2) is 5.75 Å². The van der Waals surface area contributed by atoms with E-state index in [9.17, 15) is 31.2 Å². The van der Waals surface area contributed by atoms with E-state index in [0.29, 0.717) is 44.9 Å². The van der Waals surface area contributed by atoms with Crippen LogP contribution in [-0.4, -0.2) is 98.9 Å². The van der Waals surface area contributed by atoms with Gasteiger partial charge < -0.3 is 18.9 Å². The van der Waals surface area contributed by atoms with Gasteiger partial charge in [0, 0.05) is 51.2 Å². The zero-order valence-electron chi connectivity index (χ0n) is 26.0. The van der Waals surface area contributed by atoms with Crippen molar-refractivity contribution in [3.63, 3.8) is 0 Å². The minimum Gasteiger partial charge on any atom is -0.492 e. The largest absolute Gasteiger partial charge is 0.492 e. The molecule has 3 aromatic rings. The summed E-state index contributed by atoms with van der Waals surface area (Å²) in [7, 11) is 0.850. The molecule has 1 aromatic heterocycles. The Morgan fingerprint density at radius 3 is 2.33 bits per heavy atom. The van der Waals surface area contributed by atoms with E-state index in [4.69, 9.17) is 9.47 Å². The third kappa shape index (κ3) is 7.34. The molecule has 16 heteroatoms. The number of nitrogens with zero attached hydrogens (tertiary/aromatic N) is 4. The van der Waals surface area contributed by atoms with E-state index in [1.54, 1.807) is 17.7 Å². The molecule has 2 aliphatic rings. The van der Waals surface area contributed by atoms with Crippen molar-refractivity contribution in [1.82, 2.24) is 19.3 Å². The Bertz CT molecular complexity index is 1740. The number of carbonyl (C=O) groups excluding carboxylic acids is 2. The molecule has 2 aliphatic heterocycles. The van der Waals surface area contributed by atoms with E-state index in [1.807, 2.05) is 34.9 Å². The van der Waals surface area contributed by atoms with Crippen molar-refractivity contribution < 1.29 is 40.7 Å². The quantitative estimate of drug-likeness (QED) is 0.371. The Balaban J connectivity index is 1.31. The molecule has 0 unspecified atom stereocenters.